The van der Waals surface area contributed by atoms with Gasteiger partial charge in [0, 0.05) is 25.0 Å². The van der Waals surface area contributed by atoms with E-state index < -0.39 is 0 Å². The van der Waals surface area contributed by atoms with Gasteiger partial charge in [0.05, 0.1) is 29.1 Å². The van der Waals surface area contributed by atoms with Crippen LogP contribution in [0.1, 0.15) is 25.2 Å². The SMILES string of the molecule is CCn1nc(C)c(Br)c1CNCC1(C)COC1. The number of nitrogens with one attached hydrogen (secondary N) is 1. The topological polar surface area (TPSA) is 39.1 Å². The number of halogens is 1. The van der Waals surface area contributed by atoms with E-state index in [0.29, 0.717) is 5.41 Å². The van der Waals surface area contributed by atoms with Crippen molar-refractivity contribution in [2.75, 3.05) is 19.8 Å². The summed E-state index contributed by atoms with van der Waals surface area (Å²) in [6.45, 7) is 10.9. The van der Waals surface area contributed by atoms with Gasteiger partial charge in [-0.15, -0.1) is 0 Å². The molecular formula is C12H20BrN3O. The van der Waals surface area contributed by atoms with Gasteiger partial charge in [-0.1, -0.05) is 6.92 Å². The molecule has 4 nitrogen and oxygen atoms in total. The van der Waals surface area contributed by atoms with E-state index in [1.54, 1.807) is 0 Å². The van der Waals surface area contributed by atoms with E-state index in [4.69, 9.17) is 4.74 Å². The molecule has 0 radical (unpaired) electrons. The van der Waals surface area contributed by atoms with Crippen LogP contribution in [0.2, 0.25) is 0 Å². The van der Waals surface area contributed by atoms with Gasteiger partial charge in [-0.05, 0) is 29.8 Å². The molecule has 1 fully saturated rings. The summed E-state index contributed by atoms with van der Waals surface area (Å²) in [5.41, 5.74) is 2.61. The molecule has 0 aromatic carbocycles. The largest absolute Gasteiger partial charge is 0.380 e. The van der Waals surface area contributed by atoms with Crippen molar-refractivity contribution in [3.05, 3.63) is 15.9 Å². The molecule has 2 rings (SSSR count). The lowest BCUT2D eigenvalue weighted by atomic mass is 9.89. The molecule has 1 aromatic rings. The zero-order chi connectivity index (χ0) is 12.5. The summed E-state index contributed by atoms with van der Waals surface area (Å²) >= 11 is 3.61. The Balaban J connectivity index is 1.94. The zero-order valence-electron chi connectivity index (χ0n) is 10.7. The van der Waals surface area contributed by atoms with Crippen LogP contribution in [-0.2, 0) is 17.8 Å². The first kappa shape index (κ1) is 13.1. The van der Waals surface area contributed by atoms with E-state index in [-0.39, 0.29) is 0 Å². The summed E-state index contributed by atoms with van der Waals surface area (Å²) in [4.78, 5) is 0. The molecule has 0 unspecified atom stereocenters. The molecule has 96 valence electrons. The number of aromatic nitrogens is 2. The van der Waals surface area contributed by atoms with Crippen molar-refractivity contribution >= 4 is 15.9 Å². The van der Waals surface area contributed by atoms with Crippen molar-refractivity contribution in [2.45, 2.75) is 33.9 Å². The lowest BCUT2D eigenvalue weighted by Gasteiger charge is -2.38. The Kier molecular flexibility index (Phi) is 3.90. The molecule has 0 spiro atoms. The Morgan fingerprint density at radius 2 is 2.24 bits per heavy atom. The van der Waals surface area contributed by atoms with E-state index in [1.807, 2.05) is 11.6 Å². The van der Waals surface area contributed by atoms with Crippen LogP contribution in [0.3, 0.4) is 0 Å². The van der Waals surface area contributed by atoms with Gasteiger partial charge in [-0.3, -0.25) is 4.68 Å². The van der Waals surface area contributed by atoms with Crippen LogP contribution < -0.4 is 5.32 Å². The quantitative estimate of drug-likeness (QED) is 0.905. The summed E-state index contributed by atoms with van der Waals surface area (Å²) < 4.78 is 8.42. The number of hydrogen-bond donors (Lipinski definition) is 1. The Morgan fingerprint density at radius 3 is 2.76 bits per heavy atom. The van der Waals surface area contributed by atoms with Crippen molar-refractivity contribution in [3.63, 3.8) is 0 Å². The first-order chi connectivity index (χ1) is 8.06. The maximum atomic E-state index is 5.25. The molecule has 2 heterocycles. The fourth-order valence-corrected chi connectivity index (χ4v) is 2.50. The minimum atomic E-state index is 0.318. The third-order valence-corrected chi connectivity index (χ3v) is 4.23. The molecule has 0 bridgehead atoms. The van der Waals surface area contributed by atoms with Gasteiger partial charge in [-0.2, -0.15) is 5.10 Å². The van der Waals surface area contributed by atoms with Crippen molar-refractivity contribution in [2.24, 2.45) is 5.41 Å². The van der Waals surface area contributed by atoms with Gasteiger partial charge >= 0.3 is 0 Å². The molecule has 1 saturated heterocycles. The van der Waals surface area contributed by atoms with Gasteiger partial charge in [0.2, 0.25) is 0 Å². The number of hydrogen-bond acceptors (Lipinski definition) is 3. The smallest absolute Gasteiger partial charge is 0.0739 e. The maximum Gasteiger partial charge on any atom is 0.0739 e. The molecule has 1 aromatic heterocycles. The van der Waals surface area contributed by atoms with Crippen LogP contribution in [0.4, 0.5) is 0 Å². The maximum absolute atomic E-state index is 5.25. The van der Waals surface area contributed by atoms with Crippen LogP contribution in [0.5, 0.6) is 0 Å². The van der Waals surface area contributed by atoms with Gasteiger partial charge in [-0.25, -0.2) is 0 Å². The summed E-state index contributed by atoms with van der Waals surface area (Å²) in [7, 11) is 0. The van der Waals surface area contributed by atoms with Crippen molar-refractivity contribution < 1.29 is 4.74 Å². The third-order valence-electron chi connectivity index (χ3n) is 3.20. The molecular weight excluding hydrogens is 282 g/mol. The molecule has 17 heavy (non-hydrogen) atoms. The first-order valence-corrected chi connectivity index (χ1v) is 6.85. The van der Waals surface area contributed by atoms with Crippen LogP contribution in [0, 0.1) is 12.3 Å². The number of nitrogens with zero attached hydrogens (tertiary/aromatic N) is 2. The average molecular weight is 302 g/mol. The fraction of sp³-hybridized carbons (Fsp3) is 0.750. The minimum Gasteiger partial charge on any atom is -0.380 e. The standard InChI is InChI=1S/C12H20BrN3O/c1-4-16-10(11(13)9(2)15-16)5-14-6-12(3)7-17-8-12/h14H,4-8H2,1-3H3. The van der Waals surface area contributed by atoms with E-state index in [2.05, 4.69) is 40.2 Å². The van der Waals surface area contributed by atoms with E-state index in [9.17, 15) is 0 Å². The molecule has 1 aliphatic rings. The van der Waals surface area contributed by atoms with Gasteiger partial charge in [0.15, 0.2) is 0 Å². The highest BCUT2D eigenvalue weighted by atomic mass is 79.9. The zero-order valence-corrected chi connectivity index (χ0v) is 12.3. The Bertz CT molecular complexity index is 399. The highest BCUT2D eigenvalue weighted by molar-refractivity contribution is 9.10. The third kappa shape index (κ3) is 2.72. The van der Waals surface area contributed by atoms with Crippen molar-refractivity contribution in [1.82, 2.24) is 15.1 Å². The van der Waals surface area contributed by atoms with Gasteiger partial charge in [0.25, 0.3) is 0 Å². The predicted octanol–water partition coefficient (Wildman–Crippen LogP) is 2.10. The second-order valence-electron chi connectivity index (χ2n) is 5.07. The van der Waals surface area contributed by atoms with Gasteiger partial charge in [0.1, 0.15) is 0 Å². The lowest BCUT2D eigenvalue weighted by molar-refractivity contribution is -0.0992. The monoisotopic (exact) mass is 301 g/mol. The van der Waals surface area contributed by atoms with E-state index in [1.165, 1.54) is 5.69 Å². The molecule has 0 amide bonds. The second-order valence-corrected chi connectivity index (χ2v) is 5.86. The number of aryl methyl sites for hydroxylation is 2. The Hall–Kier alpha value is -0.390. The highest BCUT2D eigenvalue weighted by Gasteiger charge is 2.32. The van der Waals surface area contributed by atoms with Crippen molar-refractivity contribution in [3.8, 4) is 0 Å². The van der Waals surface area contributed by atoms with E-state index in [0.717, 1.165) is 43.0 Å². The molecule has 5 heteroatoms. The normalized spacial score (nSPS) is 18.1. The first-order valence-electron chi connectivity index (χ1n) is 6.06. The highest BCUT2D eigenvalue weighted by Crippen LogP contribution is 2.26. The Labute approximate surface area is 111 Å². The molecule has 0 saturated carbocycles. The summed E-state index contributed by atoms with van der Waals surface area (Å²) in [6.07, 6.45) is 0. The molecule has 1 N–H and O–H groups in total. The van der Waals surface area contributed by atoms with Gasteiger partial charge < -0.3 is 10.1 Å². The lowest BCUT2D eigenvalue weighted by Crippen LogP contribution is -2.47. The average Bonchev–Trinajstić information content (AvgIpc) is 2.54. The number of ether oxygens (including phenoxy) is 1. The fourth-order valence-electron chi connectivity index (χ4n) is 2.07. The van der Waals surface area contributed by atoms with E-state index >= 15 is 0 Å². The van der Waals surface area contributed by atoms with Crippen molar-refractivity contribution in [1.29, 1.82) is 0 Å². The summed E-state index contributed by atoms with van der Waals surface area (Å²) in [5, 5.41) is 7.99. The van der Waals surface area contributed by atoms with Crippen LogP contribution >= 0.6 is 15.9 Å². The molecule has 0 aliphatic carbocycles. The van der Waals surface area contributed by atoms with Crippen LogP contribution in [0.15, 0.2) is 4.47 Å². The predicted molar refractivity (Wildman–Crippen MR) is 71.0 cm³/mol. The summed E-state index contributed by atoms with van der Waals surface area (Å²) in [6, 6.07) is 0. The van der Waals surface area contributed by atoms with Crippen LogP contribution in [-0.4, -0.2) is 29.5 Å². The number of rotatable bonds is 5. The Morgan fingerprint density at radius 1 is 1.53 bits per heavy atom. The molecule has 1 aliphatic heterocycles. The summed E-state index contributed by atoms with van der Waals surface area (Å²) in [5.74, 6) is 0. The minimum absolute atomic E-state index is 0.318. The van der Waals surface area contributed by atoms with Crippen LogP contribution in [0.25, 0.3) is 0 Å². The second kappa shape index (κ2) is 5.08. The molecule has 0 atom stereocenters.